The molecule has 2 aromatic rings. The van der Waals surface area contributed by atoms with Gasteiger partial charge in [0, 0.05) is 44.2 Å². The third-order valence-electron chi connectivity index (χ3n) is 5.15. The lowest BCUT2D eigenvalue weighted by Gasteiger charge is -2.30. The Morgan fingerprint density at radius 3 is 2.62 bits per heavy atom. The predicted octanol–water partition coefficient (Wildman–Crippen LogP) is 2.23. The van der Waals surface area contributed by atoms with Gasteiger partial charge in [-0.25, -0.2) is 13.5 Å². The Hall–Kier alpha value is -2.04. The van der Waals surface area contributed by atoms with Gasteiger partial charge in [0.25, 0.3) is 5.95 Å². The molecule has 1 saturated carbocycles. The second-order valence-corrected chi connectivity index (χ2v) is 7.43. The number of aliphatic hydroxyl groups is 1. The molecule has 1 saturated heterocycles. The first-order chi connectivity index (χ1) is 13.4. The van der Waals surface area contributed by atoms with Crippen molar-refractivity contribution in [2.24, 2.45) is 0 Å². The highest BCUT2D eigenvalue weighted by Gasteiger charge is 2.35. The third kappa shape index (κ3) is 5.12. The summed E-state index contributed by atoms with van der Waals surface area (Å²) >= 11 is 0. The molecule has 2 aromatic heterocycles. The van der Waals surface area contributed by atoms with Crippen molar-refractivity contribution in [2.45, 2.75) is 57.3 Å². The molecule has 2 aliphatic rings. The zero-order valence-electron chi connectivity index (χ0n) is 16.1. The van der Waals surface area contributed by atoms with E-state index in [1.54, 1.807) is 12.3 Å². The number of aryl methyl sites for hydroxylation is 1. The van der Waals surface area contributed by atoms with E-state index in [2.05, 4.69) is 25.7 Å². The number of aliphatic hydroxyl groups excluding tert-OH is 1. The molecule has 11 heteroatoms. The topological polar surface area (TPSA) is 97.1 Å². The van der Waals surface area contributed by atoms with Crippen LogP contribution in [-0.2, 0) is 6.61 Å². The van der Waals surface area contributed by atoms with Gasteiger partial charge in [-0.2, -0.15) is 15.1 Å². The smallest absolute Gasteiger partial charge is 0.255 e. The molecular weight excluding hydrogens is 406 g/mol. The maximum Gasteiger partial charge on any atom is 0.255 e. The molecule has 0 atom stereocenters. The number of ether oxygens (including phenoxy) is 1. The molecule has 3 N–H and O–H groups in total. The molecule has 4 rings (SSSR count). The third-order valence-corrected chi connectivity index (χ3v) is 5.15. The Bertz CT molecular complexity index is 836. The van der Waals surface area contributed by atoms with Gasteiger partial charge in [0.15, 0.2) is 0 Å². The van der Waals surface area contributed by atoms with Crippen LogP contribution in [0, 0.1) is 6.92 Å². The van der Waals surface area contributed by atoms with Gasteiger partial charge in [-0.1, -0.05) is 0 Å². The van der Waals surface area contributed by atoms with E-state index in [0.717, 1.165) is 18.7 Å². The lowest BCUT2D eigenvalue weighted by molar-refractivity contribution is -0.0361. The summed E-state index contributed by atoms with van der Waals surface area (Å²) in [6, 6.07) is 1.62. The zero-order valence-corrected chi connectivity index (χ0v) is 16.9. The number of halogens is 3. The summed E-state index contributed by atoms with van der Waals surface area (Å²) in [6.07, 6.45) is 2.28. The molecule has 29 heavy (non-hydrogen) atoms. The Morgan fingerprint density at radius 2 is 2.03 bits per heavy atom. The number of nitrogens with zero attached hydrogens (tertiary/aromatic N) is 4. The van der Waals surface area contributed by atoms with E-state index in [4.69, 9.17) is 4.74 Å². The molecule has 160 valence electrons. The Balaban J connectivity index is 0.00000240. The van der Waals surface area contributed by atoms with Crippen LogP contribution in [0.4, 0.5) is 14.6 Å². The number of hydrogen-bond donors (Lipinski definition) is 3. The van der Waals surface area contributed by atoms with Gasteiger partial charge in [-0.15, -0.1) is 12.4 Å². The van der Waals surface area contributed by atoms with Crippen LogP contribution in [0.3, 0.4) is 0 Å². The highest BCUT2D eigenvalue weighted by atomic mass is 35.5. The van der Waals surface area contributed by atoms with E-state index < -0.39 is 5.92 Å². The van der Waals surface area contributed by atoms with Crippen LogP contribution in [0.15, 0.2) is 12.3 Å². The Kier molecular flexibility index (Phi) is 6.55. The largest absolute Gasteiger partial charge is 0.471 e. The van der Waals surface area contributed by atoms with E-state index in [-0.39, 0.29) is 44.0 Å². The minimum atomic E-state index is -2.58. The van der Waals surface area contributed by atoms with Crippen LogP contribution >= 0.6 is 12.4 Å². The van der Waals surface area contributed by atoms with Crippen molar-refractivity contribution in [1.29, 1.82) is 0 Å². The van der Waals surface area contributed by atoms with Crippen LogP contribution in [0.25, 0.3) is 5.95 Å². The summed E-state index contributed by atoms with van der Waals surface area (Å²) in [5.74, 6) is -1.36. The Morgan fingerprint density at radius 1 is 1.31 bits per heavy atom. The van der Waals surface area contributed by atoms with Crippen LogP contribution in [-0.4, -0.2) is 56.0 Å². The van der Waals surface area contributed by atoms with Crippen LogP contribution < -0.4 is 15.4 Å². The molecule has 0 aromatic carbocycles. The van der Waals surface area contributed by atoms with Crippen LogP contribution in [0.1, 0.15) is 36.9 Å². The van der Waals surface area contributed by atoms with Gasteiger partial charge in [0.2, 0.25) is 11.8 Å². The summed E-state index contributed by atoms with van der Waals surface area (Å²) in [6.45, 7) is 3.16. The molecule has 3 heterocycles. The summed E-state index contributed by atoms with van der Waals surface area (Å²) < 4.78 is 34.2. The first-order valence-electron chi connectivity index (χ1n) is 9.49. The first-order valence-corrected chi connectivity index (χ1v) is 9.49. The molecule has 1 aliphatic heterocycles. The Labute approximate surface area is 173 Å². The fourth-order valence-electron chi connectivity index (χ4n) is 3.31. The molecular formula is C18H25ClF2N6O2. The van der Waals surface area contributed by atoms with E-state index >= 15 is 0 Å². The van der Waals surface area contributed by atoms with Crippen molar-refractivity contribution in [2.75, 3.05) is 18.4 Å². The molecule has 0 amide bonds. The predicted molar refractivity (Wildman–Crippen MR) is 105 cm³/mol. The van der Waals surface area contributed by atoms with Gasteiger partial charge in [-0.3, -0.25) is 0 Å². The minimum absolute atomic E-state index is 0. The van der Waals surface area contributed by atoms with E-state index in [1.165, 1.54) is 4.68 Å². The maximum absolute atomic E-state index is 13.4. The second kappa shape index (κ2) is 8.76. The summed E-state index contributed by atoms with van der Waals surface area (Å²) in [5.41, 5.74) is 1.37. The number of hydrogen-bond acceptors (Lipinski definition) is 7. The number of rotatable bonds is 6. The summed E-state index contributed by atoms with van der Waals surface area (Å²) in [5, 5.41) is 20.1. The number of alkyl halides is 2. The van der Waals surface area contributed by atoms with Gasteiger partial charge >= 0.3 is 0 Å². The molecule has 0 spiro atoms. The maximum atomic E-state index is 13.4. The van der Waals surface area contributed by atoms with Crippen molar-refractivity contribution in [1.82, 2.24) is 25.1 Å². The first kappa shape index (κ1) is 21.7. The highest BCUT2D eigenvalue weighted by Crippen LogP contribution is 2.34. The molecule has 0 radical (unpaired) electrons. The summed E-state index contributed by atoms with van der Waals surface area (Å²) in [4.78, 5) is 8.92. The molecule has 0 bridgehead atoms. The van der Waals surface area contributed by atoms with E-state index in [1.807, 2.05) is 6.92 Å². The molecule has 0 unspecified atom stereocenters. The lowest BCUT2D eigenvalue weighted by Crippen LogP contribution is -2.50. The fraction of sp³-hybridized carbons (Fsp3) is 0.611. The lowest BCUT2D eigenvalue weighted by atomic mass is 9.92. The minimum Gasteiger partial charge on any atom is -0.471 e. The standard InChI is InChI=1S/C18H24F2N6O2.ClH/c1-11-9-26(25-14(11)10-27)17-23-15(6-16(24-17)28-13-7-21-8-13)22-12-2-4-18(19,20)5-3-12;/h6,9,12-13,21,27H,2-5,7-8,10H2,1H3,(H,22,23,24);1H. The number of aromatic nitrogens is 4. The normalized spacial score (nSPS) is 19.3. The van der Waals surface area contributed by atoms with Gasteiger partial charge in [0.1, 0.15) is 11.9 Å². The SMILES string of the molecule is Cc1cn(-c2nc(NC3CCC(F)(F)CC3)cc(OC3CNC3)n2)nc1CO.Cl. The number of nitrogens with one attached hydrogen (secondary N) is 2. The quantitative estimate of drug-likeness (QED) is 0.646. The van der Waals surface area contributed by atoms with Gasteiger partial charge in [-0.05, 0) is 25.3 Å². The monoisotopic (exact) mass is 430 g/mol. The van der Waals surface area contributed by atoms with Crippen LogP contribution in [0.5, 0.6) is 5.88 Å². The van der Waals surface area contributed by atoms with Crippen molar-refractivity contribution in [3.05, 3.63) is 23.5 Å². The second-order valence-electron chi connectivity index (χ2n) is 7.43. The van der Waals surface area contributed by atoms with Crippen molar-refractivity contribution < 1.29 is 18.6 Å². The average Bonchev–Trinajstić information content (AvgIpc) is 3.01. The zero-order chi connectivity index (χ0) is 19.7. The van der Waals surface area contributed by atoms with Crippen molar-refractivity contribution >= 4 is 18.2 Å². The van der Waals surface area contributed by atoms with E-state index in [9.17, 15) is 13.9 Å². The highest BCUT2D eigenvalue weighted by molar-refractivity contribution is 5.85. The van der Waals surface area contributed by atoms with Gasteiger partial charge in [0.05, 0.1) is 12.3 Å². The summed E-state index contributed by atoms with van der Waals surface area (Å²) in [7, 11) is 0. The average molecular weight is 431 g/mol. The molecule has 2 fully saturated rings. The van der Waals surface area contributed by atoms with E-state index in [0.29, 0.717) is 36.2 Å². The van der Waals surface area contributed by atoms with Crippen LogP contribution in [0.2, 0.25) is 0 Å². The molecule has 8 nitrogen and oxygen atoms in total. The van der Waals surface area contributed by atoms with Gasteiger partial charge < -0.3 is 20.5 Å². The van der Waals surface area contributed by atoms with Crippen molar-refractivity contribution in [3.8, 4) is 11.8 Å². The molecule has 1 aliphatic carbocycles. The van der Waals surface area contributed by atoms with Crippen molar-refractivity contribution in [3.63, 3.8) is 0 Å². The number of anilines is 1. The fourth-order valence-corrected chi connectivity index (χ4v) is 3.31.